The molecule has 15 heteroatoms. The third-order valence-corrected chi connectivity index (χ3v) is 5.78. The van der Waals surface area contributed by atoms with E-state index in [1.165, 1.54) is 33.8 Å². The van der Waals surface area contributed by atoms with Crippen LogP contribution in [0.2, 0.25) is 0 Å². The van der Waals surface area contributed by atoms with Crippen LogP contribution in [-0.4, -0.2) is 60.1 Å². The van der Waals surface area contributed by atoms with Gasteiger partial charge in [0, 0.05) is 11.6 Å². The molecule has 3 aromatic heterocycles. The van der Waals surface area contributed by atoms with Gasteiger partial charge in [0.25, 0.3) is 12.2 Å². The van der Waals surface area contributed by atoms with Crippen LogP contribution in [0.4, 0.5) is 23.4 Å². The zero-order chi connectivity index (χ0) is 24.0. The second-order valence-corrected chi connectivity index (χ2v) is 9.34. The van der Waals surface area contributed by atoms with Gasteiger partial charge in [0.2, 0.25) is 10.0 Å². The van der Waals surface area contributed by atoms with Crippen LogP contribution in [0.15, 0.2) is 36.7 Å². The summed E-state index contributed by atoms with van der Waals surface area (Å²) in [5.74, 6) is 0.0207. The zero-order valence-corrected chi connectivity index (χ0v) is 18.0. The summed E-state index contributed by atoms with van der Waals surface area (Å²) in [4.78, 5) is 6.10. The van der Waals surface area contributed by atoms with Crippen LogP contribution >= 0.6 is 0 Å². The predicted molar refractivity (Wildman–Crippen MR) is 109 cm³/mol. The highest BCUT2D eigenvalue weighted by Gasteiger charge is 2.45. The van der Waals surface area contributed by atoms with E-state index in [0.717, 1.165) is 18.5 Å². The molecule has 0 atom stereocenters. The van der Waals surface area contributed by atoms with E-state index in [1.807, 2.05) is 4.72 Å². The predicted octanol–water partition coefficient (Wildman–Crippen LogP) is 1.54. The lowest BCUT2D eigenvalue weighted by Gasteiger charge is -2.38. The summed E-state index contributed by atoms with van der Waals surface area (Å²) < 4.78 is 81.2. The van der Waals surface area contributed by atoms with Gasteiger partial charge in [-0.05, 0) is 18.2 Å². The fraction of sp³-hybridized carbons (Fsp3) is 0.389. The Hall–Kier alpha value is -3.04. The second kappa shape index (κ2) is 8.39. The second-order valence-electron chi connectivity index (χ2n) is 7.51. The molecule has 0 saturated carbocycles. The molecular weight excluding hydrogens is 470 g/mol. The van der Waals surface area contributed by atoms with Crippen molar-refractivity contribution in [3.63, 3.8) is 0 Å². The van der Waals surface area contributed by atoms with Crippen molar-refractivity contribution in [1.82, 2.24) is 24.2 Å². The van der Waals surface area contributed by atoms with Crippen molar-refractivity contribution in [2.75, 3.05) is 31.0 Å². The van der Waals surface area contributed by atoms with E-state index in [4.69, 9.17) is 0 Å². The quantitative estimate of drug-likeness (QED) is 0.242. The normalized spacial score (nSPS) is 17.2. The average molecular weight is 489 g/mol. The first-order valence-electron chi connectivity index (χ1n) is 9.63. The maximum Gasteiger partial charge on any atom is 0.312 e. The molecule has 33 heavy (non-hydrogen) atoms. The van der Waals surface area contributed by atoms with Crippen molar-refractivity contribution < 1.29 is 30.7 Å². The molecule has 1 aliphatic heterocycles. The van der Waals surface area contributed by atoms with E-state index in [-0.39, 0.29) is 12.4 Å². The molecule has 0 aliphatic carbocycles. The van der Waals surface area contributed by atoms with Crippen LogP contribution in [-0.2, 0) is 10.0 Å². The molecule has 10 nitrogen and oxygen atoms in total. The van der Waals surface area contributed by atoms with Crippen LogP contribution < -0.4 is 14.4 Å². The van der Waals surface area contributed by atoms with Gasteiger partial charge >= 0.3 is 6.05 Å². The summed E-state index contributed by atoms with van der Waals surface area (Å²) in [5, 5.41) is 16.3. The first kappa shape index (κ1) is 23.1. The van der Waals surface area contributed by atoms with Gasteiger partial charge < -0.3 is 5.21 Å². The minimum Gasteiger partial charge on any atom is -0.711 e. The number of hydrogen-bond acceptors (Lipinski definition) is 7. The van der Waals surface area contributed by atoms with E-state index in [0.29, 0.717) is 26.5 Å². The number of nitrogens with one attached hydrogen (secondary N) is 1. The number of hydrogen-bond donors (Lipinski definition) is 1. The highest BCUT2D eigenvalue weighted by atomic mass is 32.2. The lowest BCUT2D eigenvalue weighted by molar-refractivity contribution is -0.592. The fourth-order valence-electron chi connectivity index (χ4n) is 3.42. The molecule has 1 N–H and O–H groups in total. The molecule has 178 valence electrons. The first-order chi connectivity index (χ1) is 15.4. The molecule has 0 amide bonds. The first-order valence-corrected chi connectivity index (χ1v) is 11.5. The van der Waals surface area contributed by atoms with Crippen molar-refractivity contribution in [3.05, 3.63) is 47.6 Å². The van der Waals surface area contributed by atoms with Crippen LogP contribution in [0.1, 0.15) is 18.5 Å². The van der Waals surface area contributed by atoms with E-state index in [1.54, 1.807) is 0 Å². The minimum atomic E-state index is -3.71. The maximum atomic E-state index is 14.3. The van der Waals surface area contributed by atoms with Gasteiger partial charge in [-0.3, -0.25) is 0 Å². The largest absolute Gasteiger partial charge is 0.711 e. The lowest BCUT2D eigenvalue weighted by atomic mass is 10.2. The van der Waals surface area contributed by atoms with Gasteiger partial charge in [-0.1, -0.05) is 0 Å². The average Bonchev–Trinajstić information content (AvgIpc) is 3.16. The number of imidazole rings is 1. The summed E-state index contributed by atoms with van der Waals surface area (Å²) in [6, 6.07) is 2.11. The van der Waals surface area contributed by atoms with Gasteiger partial charge in [0.15, 0.2) is 5.65 Å². The van der Waals surface area contributed by atoms with E-state index >= 15 is 0 Å². The molecule has 0 unspecified atom stereocenters. The Morgan fingerprint density at radius 3 is 2.76 bits per heavy atom. The summed E-state index contributed by atoms with van der Waals surface area (Å²) in [7, 11) is -3.71. The molecule has 1 aliphatic rings. The van der Waals surface area contributed by atoms with Gasteiger partial charge in [0.05, 0.1) is 44.0 Å². The molecule has 3 aromatic rings. The Morgan fingerprint density at radius 2 is 2.06 bits per heavy atom. The Labute approximate surface area is 185 Å². The van der Waals surface area contributed by atoms with Crippen LogP contribution in [0.5, 0.6) is 0 Å². The van der Waals surface area contributed by atoms with E-state index < -0.39 is 47.9 Å². The zero-order valence-electron chi connectivity index (χ0n) is 17.2. The number of nitrogens with zero attached hydrogens (tertiary/aromatic N) is 6. The molecule has 4 rings (SSSR count). The number of halogens is 4. The van der Waals surface area contributed by atoms with E-state index in [2.05, 4.69) is 10.1 Å². The SMILES string of the molecule is CS(=O)(=O)NCN1CN(c2cc(-c3cnc4ccc(C(F)F)nn34)cc[n+]2[O-])CCC1(F)F. The molecular formula is C18H19F4N7O3S. The van der Waals surface area contributed by atoms with Crippen molar-refractivity contribution in [3.8, 4) is 11.3 Å². The van der Waals surface area contributed by atoms with Crippen LogP contribution in [0.25, 0.3) is 16.9 Å². The molecule has 0 bridgehead atoms. The summed E-state index contributed by atoms with van der Waals surface area (Å²) in [5.41, 5.74) is 0.587. The summed E-state index contributed by atoms with van der Waals surface area (Å²) >= 11 is 0. The number of anilines is 1. The summed E-state index contributed by atoms with van der Waals surface area (Å²) in [6.45, 7) is -1.24. The lowest BCUT2D eigenvalue weighted by Crippen LogP contribution is -2.59. The Bertz CT molecular complexity index is 1290. The topological polar surface area (TPSA) is 110 Å². The number of fused-ring (bicyclic) bond motifs is 1. The summed E-state index contributed by atoms with van der Waals surface area (Å²) in [6.07, 6.45) is -0.0183. The van der Waals surface area contributed by atoms with E-state index in [9.17, 15) is 31.2 Å². The maximum absolute atomic E-state index is 14.3. The standard InChI is InChI=1S/C18H19F4N7O3S/c1-33(31,32)24-10-27-11-26(7-5-18(27,21)22)16-8-12(4-6-28(16)30)14-9-23-15-3-2-13(17(19)20)25-29(14)15/h2-4,6,8-9,17,24H,5,7,10-11H2,1H3. The van der Waals surface area contributed by atoms with Gasteiger partial charge in [-0.15, -0.1) is 0 Å². The van der Waals surface area contributed by atoms with Crippen molar-refractivity contribution >= 4 is 21.5 Å². The van der Waals surface area contributed by atoms with Gasteiger partial charge in [0.1, 0.15) is 12.4 Å². The van der Waals surface area contributed by atoms with Crippen LogP contribution in [0.3, 0.4) is 0 Å². The number of alkyl halides is 4. The third-order valence-electron chi connectivity index (χ3n) is 5.13. The Balaban J connectivity index is 1.67. The molecule has 0 radical (unpaired) electrons. The van der Waals surface area contributed by atoms with Crippen molar-refractivity contribution in [1.29, 1.82) is 0 Å². The number of pyridine rings is 1. The Kier molecular flexibility index (Phi) is 5.88. The van der Waals surface area contributed by atoms with Crippen molar-refractivity contribution in [2.24, 2.45) is 0 Å². The highest BCUT2D eigenvalue weighted by molar-refractivity contribution is 7.88. The van der Waals surface area contributed by atoms with Gasteiger partial charge in [-0.2, -0.15) is 18.8 Å². The molecule has 0 aromatic carbocycles. The fourth-order valence-corrected chi connectivity index (χ4v) is 3.81. The third kappa shape index (κ3) is 4.84. The molecule has 1 saturated heterocycles. The smallest absolute Gasteiger partial charge is 0.312 e. The van der Waals surface area contributed by atoms with Crippen molar-refractivity contribution in [2.45, 2.75) is 18.9 Å². The molecule has 0 spiro atoms. The highest BCUT2D eigenvalue weighted by Crippen LogP contribution is 2.31. The minimum absolute atomic E-state index is 0.0207. The number of sulfonamides is 1. The van der Waals surface area contributed by atoms with Crippen LogP contribution in [0, 0.1) is 5.21 Å². The number of aromatic nitrogens is 4. The number of rotatable bonds is 6. The monoisotopic (exact) mass is 489 g/mol. The molecule has 1 fully saturated rings. The van der Waals surface area contributed by atoms with Gasteiger partial charge in [-0.25, -0.2) is 41.1 Å². The Morgan fingerprint density at radius 1 is 1.30 bits per heavy atom. The molecule has 4 heterocycles.